The number of nitrogens with one attached hydrogen (secondary N) is 2. The molecule has 8 nitrogen and oxygen atoms in total. The molecule has 1 unspecified atom stereocenters. The molecule has 3 rings (SSSR count). The van der Waals surface area contributed by atoms with Crippen molar-refractivity contribution in [2.45, 2.75) is 13.0 Å². The number of amides is 2. The number of nitrogens with zero attached hydrogens (tertiary/aromatic N) is 1. The Morgan fingerprint density at radius 1 is 1.06 bits per heavy atom. The molecule has 34 heavy (non-hydrogen) atoms. The number of halogens is 3. The van der Waals surface area contributed by atoms with Crippen LogP contribution in [0, 0.1) is 17.5 Å². The predicted octanol–water partition coefficient (Wildman–Crippen LogP) is 3.54. The number of anilines is 1. The van der Waals surface area contributed by atoms with Crippen LogP contribution in [0.15, 0.2) is 41.8 Å². The van der Waals surface area contributed by atoms with Gasteiger partial charge in [-0.2, -0.15) is 0 Å². The monoisotopic (exact) mass is 493 g/mol. The van der Waals surface area contributed by atoms with E-state index in [1.807, 2.05) is 5.32 Å². The Morgan fingerprint density at radius 3 is 2.44 bits per heavy atom. The van der Waals surface area contributed by atoms with Crippen molar-refractivity contribution in [2.75, 3.05) is 19.0 Å². The first kappa shape index (κ1) is 24.7. The predicted molar refractivity (Wildman–Crippen MR) is 117 cm³/mol. The van der Waals surface area contributed by atoms with Crippen molar-refractivity contribution < 1.29 is 37.0 Å². The molecule has 3 aromatic rings. The van der Waals surface area contributed by atoms with Gasteiger partial charge in [-0.1, -0.05) is 0 Å². The van der Waals surface area contributed by atoms with Crippen molar-refractivity contribution in [3.05, 3.63) is 64.9 Å². The Bertz CT molecular complexity index is 1220. The van der Waals surface area contributed by atoms with Gasteiger partial charge in [0, 0.05) is 10.9 Å². The van der Waals surface area contributed by atoms with Crippen LogP contribution in [0.1, 0.15) is 17.4 Å². The Hall–Kier alpha value is -3.93. The molecule has 0 aliphatic carbocycles. The smallest absolute Gasteiger partial charge is 0.358 e. The zero-order valence-electron chi connectivity index (χ0n) is 17.9. The van der Waals surface area contributed by atoms with E-state index < -0.39 is 53.6 Å². The van der Waals surface area contributed by atoms with E-state index in [1.165, 1.54) is 23.6 Å². The Balaban J connectivity index is 1.51. The fourth-order valence-corrected chi connectivity index (χ4v) is 3.43. The summed E-state index contributed by atoms with van der Waals surface area (Å²) in [7, 11) is 1.54. The third-order valence-electron chi connectivity index (χ3n) is 4.44. The summed E-state index contributed by atoms with van der Waals surface area (Å²) in [5.41, 5.74) is 0.176. The number of methoxy groups -OCH3 is 1. The van der Waals surface area contributed by atoms with Crippen molar-refractivity contribution in [3.8, 4) is 16.3 Å². The summed E-state index contributed by atoms with van der Waals surface area (Å²) in [6.07, 6.45) is -1.27. The summed E-state index contributed by atoms with van der Waals surface area (Å²) >= 11 is 1.21. The number of aromatic nitrogens is 1. The molecule has 1 heterocycles. The molecule has 0 bridgehead atoms. The molecule has 0 saturated heterocycles. The van der Waals surface area contributed by atoms with Crippen LogP contribution in [0.2, 0.25) is 0 Å². The van der Waals surface area contributed by atoms with Crippen molar-refractivity contribution in [1.29, 1.82) is 0 Å². The molecule has 0 aliphatic heterocycles. The molecule has 0 fully saturated rings. The standard InChI is InChI=1S/C22H18F3N3O5S/c1-11(20(30)26-9-17(29)27-15-8-7-14(23)18(24)19(15)25)33-22(31)16-10-34-21(28-16)12-3-5-13(32-2)6-4-12/h3-8,10-11H,9H2,1-2H3,(H,26,30)(H,27,29). The first-order valence-electron chi connectivity index (χ1n) is 9.71. The van der Waals surface area contributed by atoms with E-state index in [4.69, 9.17) is 9.47 Å². The Labute approximate surface area is 195 Å². The highest BCUT2D eigenvalue weighted by molar-refractivity contribution is 7.13. The minimum absolute atomic E-state index is 0.00187. The van der Waals surface area contributed by atoms with Crippen molar-refractivity contribution in [2.24, 2.45) is 0 Å². The van der Waals surface area contributed by atoms with Gasteiger partial charge in [-0.3, -0.25) is 9.59 Å². The van der Waals surface area contributed by atoms with Crippen molar-refractivity contribution >= 4 is 34.8 Å². The molecule has 0 radical (unpaired) electrons. The minimum Gasteiger partial charge on any atom is -0.497 e. The van der Waals surface area contributed by atoms with Crippen LogP contribution >= 0.6 is 11.3 Å². The van der Waals surface area contributed by atoms with Gasteiger partial charge in [0.05, 0.1) is 19.3 Å². The molecule has 2 amide bonds. The van der Waals surface area contributed by atoms with E-state index in [2.05, 4.69) is 10.3 Å². The molecule has 178 valence electrons. The lowest BCUT2D eigenvalue weighted by Crippen LogP contribution is -2.40. The Kier molecular flexibility index (Phi) is 7.84. The highest BCUT2D eigenvalue weighted by Gasteiger charge is 2.22. The molecular weight excluding hydrogens is 475 g/mol. The number of carbonyl (C=O) groups excluding carboxylic acids is 3. The zero-order valence-corrected chi connectivity index (χ0v) is 18.7. The molecule has 12 heteroatoms. The average Bonchev–Trinajstić information content (AvgIpc) is 3.33. The number of ether oxygens (including phenoxy) is 2. The van der Waals surface area contributed by atoms with Crippen molar-refractivity contribution in [3.63, 3.8) is 0 Å². The number of benzene rings is 2. The zero-order chi connectivity index (χ0) is 24.8. The molecule has 0 aliphatic rings. The lowest BCUT2D eigenvalue weighted by Gasteiger charge is -2.13. The van der Waals surface area contributed by atoms with Crippen LogP contribution in [0.4, 0.5) is 18.9 Å². The number of carbonyl (C=O) groups is 3. The fraction of sp³-hybridized carbons (Fsp3) is 0.182. The number of hydrogen-bond acceptors (Lipinski definition) is 7. The minimum atomic E-state index is -1.74. The second kappa shape index (κ2) is 10.8. The summed E-state index contributed by atoms with van der Waals surface area (Å²) in [4.78, 5) is 40.5. The van der Waals surface area contributed by atoms with Gasteiger partial charge in [0.2, 0.25) is 5.91 Å². The first-order valence-corrected chi connectivity index (χ1v) is 10.6. The molecule has 0 spiro atoms. The van der Waals surface area contributed by atoms with E-state index in [1.54, 1.807) is 31.4 Å². The van der Waals surface area contributed by atoms with Gasteiger partial charge in [0.25, 0.3) is 5.91 Å². The lowest BCUT2D eigenvalue weighted by molar-refractivity contribution is -0.130. The van der Waals surface area contributed by atoms with Crippen LogP contribution in [-0.2, 0) is 14.3 Å². The van der Waals surface area contributed by atoms with Crippen LogP contribution in [0.25, 0.3) is 10.6 Å². The second-order valence-corrected chi connectivity index (χ2v) is 7.66. The normalized spacial score (nSPS) is 11.4. The quantitative estimate of drug-likeness (QED) is 0.367. The van der Waals surface area contributed by atoms with E-state index in [9.17, 15) is 27.6 Å². The third kappa shape index (κ3) is 5.90. The molecular formula is C22H18F3N3O5S. The molecule has 2 aromatic carbocycles. The van der Waals surface area contributed by atoms with Gasteiger partial charge in [-0.15, -0.1) is 11.3 Å². The molecule has 1 atom stereocenters. The number of esters is 1. The average molecular weight is 493 g/mol. The summed E-state index contributed by atoms with van der Waals surface area (Å²) in [6.45, 7) is 0.661. The summed E-state index contributed by atoms with van der Waals surface area (Å²) in [5.74, 6) is -6.59. The van der Waals surface area contributed by atoms with Gasteiger partial charge in [-0.25, -0.2) is 22.9 Å². The van der Waals surface area contributed by atoms with E-state index in [0.29, 0.717) is 16.8 Å². The highest BCUT2D eigenvalue weighted by atomic mass is 32.1. The van der Waals surface area contributed by atoms with Gasteiger partial charge >= 0.3 is 5.97 Å². The molecule has 1 aromatic heterocycles. The fourth-order valence-electron chi connectivity index (χ4n) is 2.64. The maximum atomic E-state index is 13.6. The maximum absolute atomic E-state index is 13.6. The third-order valence-corrected chi connectivity index (χ3v) is 5.33. The number of rotatable bonds is 8. The number of hydrogen-bond donors (Lipinski definition) is 2. The number of thiazole rings is 1. The van der Waals surface area contributed by atoms with Crippen LogP contribution in [0.5, 0.6) is 5.75 Å². The van der Waals surface area contributed by atoms with Crippen LogP contribution in [-0.4, -0.2) is 42.5 Å². The van der Waals surface area contributed by atoms with E-state index in [0.717, 1.165) is 11.6 Å². The van der Waals surface area contributed by atoms with Gasteiger partial charge in [0.1, 0.15) is 10.8 Å². The van der Waals surface area contributed by atoms with E-state index in [-0.39, 0.29) is 5.69 Å². The molecule has 0 saturated carbocycles. The topological polar surface area (TPSA) is 107 Å². The Morgan fingerprint density at radius 2 is 1.76 bits per heavy atom. The molecule has 2 N–H and O–H groups in total. The van der Waals surface area contributed by atoms with Crippen molar-refractivity contribution in [1.82, 2.24) is 10.3 Å². The van der Waals surface area contributed by atoms with Gasteiger partial charge in [-0.05, 0) is 43.3 Å². The maximum Gasteiger partial charge on any atom is 0.358 e. The summed E-state index contributed by atoms with van der Waals surface area (Å²) < 4.78 is 50.0. The van der Waals surface area contributed by atoms with E-state index >= 15 is 0 Å². The summed E-state index contributed by atoms with van der Waals surface area (Å²) in [5, 5.41) is 6.25. The largest absolute Gasteiger partial charge is 0.497 e. The first-order chi connectivity index (χ1) is 16.2. The van der Waals surface area contributed by atoms with Gasteiger partial charge in [0.15, 0.2) is 29.2 Å². The second-order valence-electron chi connectivity index (χ2n) is 6.80. The van der Waals surface area contributed by atoms with Gasteiger partial charge < -0.3 is 20.1 Å². The van der Waals surface area contributed by atoms with Crippen LogP contribution < -0.4 is 15.4 Å². The summed E-state index contributed by atoms with van der Waals surface area (Å²) in [6, 6.07) is 8.54. The lowest BCUT2D eigenvalue weighted by atomic mass is 10.2. The van der Waals surface area contributed by atoms with Crippen LogP contribution in [0.3, 0.4) is 0 Å². The highest BCUT2D eigenvalue weighted by Crippen LogP contribution is 2.26. The SMILES string of the molecule is COc1ccc(-c2nc(C(=O)OC(C)C(=O)NCC(=O)Nc3ccc(F)c(F)c3F)cs2)cc1.